The van der Waals surface area contributed by atoms with E-state index < -0.39 is 15.1 Å². The van der Waals surface area contributed by atoms with Gasteiger partial charge in [-0.1, -0.05) is 26.0 Å². The average Bonchev–Trinajstić information content (AvgIpc) is 2.35. The lowest BCUT2D eigenvalue weighted by Gasteiger charge is -2.23. The minimum absolute atomic E-state index is 0.000474. The van der Waals surface area contributed by atoms with Crippen molar-refractivity contribution in [2.24, 2.45) is 0 Å². The van der Waals surface area contributed by atoms with Gasteiger partial charge in [-0.15, -0.1) is 0 Å². The molecule has 0 saturated heterocycles. The summed E-state index contributed by atoms with van der Waals surface area (Å²) < 4.78 is 25.0. The largest absolute Gasteiger partial charge is 0.313 e. The third kappa shape index (κ3) is 3.33. The minimum atomic E-state index is -3.26. The van der Waals surface area contributed by atoms with Gasteiger partial charge in [-0.3, -0.25) is 0 Å². The zero-order valence-corrected chi connectivity index (χ0v) is 12.4. The molecule has 18 heavy (non-hydrogen) atoms. The number of hydrogen-bond acceptors (Lipinski definition) is 3. The van der Waals surface area contributed by atoms with Crippen molar-refractivity contribution >= 4 is 9.84 Å². The zero-order valence-electron chi connectivity index (χ0n) is 11.6. The molecule has 0 aliphatic heterocycles. The Bertz CT molecular complexity index is 482. The van der Waals surface area contributed by atoms with Crippen LogP contribution in [-0.2, 0) is 9.84 Å². The van der Waals surface area contributed by atoms with E-state index in [1.807, 2.05) is 26.8 Å². The van der Waals surface area contributed by atoms with Crippen LogP contribution < -0.4 is 5.32 Å². The van der Waals surface area contributed by atoms with Gasteiger partial charge in [0.1, 0.15) is 0 Å². The van der Waals surface area contributed by atoms with E-state index >= 15 is 0 Å². The second-order valence-electron chi connectivity index (χ2n) is 4.64. The second-order valence-corrected chi connectivity index (χ2v) is 6.94. The molecule has 0 aromatic heterocycles. The van der Waals surface area contributed by atoms with Crippen molar-refractivity contribution in [2.75, 3.05) is 6.54 Å². The Kier molecular flexibility index (Phi) is 5.35. The average molecular weight is 269 g/mol. The first-order chi connectivity index (χ1) is 8.43. The van der Waals surface area contributed by atoms with Gasteiger partial charge in [-0.25, -0.2) is 8.42 Å². The van der Waals surface area contributed by atoms with Gasteiger partial charge >= 0.3 is 0 Å². The molecular weight excluding hydrogens is 246 g/mol. The van der Waals surface area contributed by atoms with Crippen LogP contribution in [0.3, 0.4) is 0 Å². The Morgan fingerprint density at radius 2 is 1.94 bits per heavy atom. The smallest absolute Gasteiger partial charge is 0.182 e. The van der Waals surface area contributed by atoms with Crippen LogP contribution in [0.5, 0.6) is 0 Å². The van der Waals surface area contributed by atoms with Gasteiger partial charge in [-0.05, 0) is 44.5 Å². The summed E-state index contributed by atoms with van der Waals surface area (Å²) in [4.78, 5) is 0.423. The maximum atomic E-state index is 12.5. The number of hydrogen-bond donors (Lipinski definition) is 1. The van der Waals surface area contributed by atoms with Crippen molar-refractivity contribution < 1.29 is 8.42 Å². The van der Waals surface area contributed by atoms with Gasteiger partial charge in [0.25, 0.3) is 0 Å². The summed E-state index contributed by atoms with van der Waals surface area (Å²) in [6.45, 7) is 8.48. The third-order valence-corrected chi connectivity index (χ3v) is 5.50. The fourth-order valence-corrected chi connectivity index (χ4v) is 3.90. The first-order valence-corrected chi connectivity index (χ1v) is 8.02. The minimum Gasteiger partial charge on any atom is -0.313 e. The molecule has 0 saturated carbocycles. The number of aryl methyl sites for hydroxylation is 1. The molecule has 0 aliphatic rings. The molecular formula is C14H23NO2S. The molecule has 1 N–H and O–H groups in total. The van der Waals surface area contributed by atoms with E-state index in [0.717, 1.165) is 18.5 Å². The topological polar surface area (TPSA) is 46.2 Å². The molecule has 2 unspecified atom stereocenters. The Morgan fingerprint density at radius 1 is 1.28 bits per heavy atom. The van der Waals surface area contributed by atoms with Crippen LogP contribution in [0.15, 0.2) is 29.2 Å². The Morgan fingerprint density at radius 3 is 2.44 bits per heavy atom. The predicted octanol–water partition coefficient (Wildman–Crippen LogP) is 2.55. The molecule has 3 nitrogen and oxygen atoms in total. The van der Waals surface area contributed by atoms with Gasteiger partial charge < -0.3 is 5.32 Å². The molecule has 4 heteroatoms. The Balaban J connectivity index is 3.06. The number of benzene rings is 1. The summed E-state index contributed by atoms with van der Waals surface area (Å²) in [5.41, 5.74) is 0.972. The lowest BCUT2D eigenvalue weighted by Crippen LogP contribution is -2.42. The van der Waals surface area contributed by atoms with Crippen LogP contribution in [0.4, 0.5) is 0 Å². The summed E-state index contributed by atoms with van der Waals surface area (Å²) in [7, 11) is -3.26. The highest BCUT2D eigenvalue weighted by Crippen LogP contribution is 2.20. The molecule has 1 rings (SSSR count). The maximum absolute atomic E-state index is 12.5. The highest BCUT2D eigenvalue weighted by atomic mass is 32.2. The van der Waals surface area contributed by atoms with Crippen LogP contribution >= 0.6 is 0 Å². The van der Waals surface area contributed by atoms with Crippen molar-refractivity contribution in [3.8, 4) is 0 Å². The van der Waals surface area contributed by atoms with Crippen molar-refractivity contribution in [1.82, 2.24) is 5.32 Å². The third-order valence-electron chi connectivity index (χ3n) is 3.28. The molecule has 0 amide bonds. The molecule has 0 spiro atoms. The Hall–Kier alpha value is -0.870. The van der Waals surface area contributed by atoms with Crippen LogP contribution in [-0.4, -0.2) is 26.3 Å². The van der Waals surface area contributed by atoms with Crippen LogP contribution in [0, 0.1) is 6.92 Å². The van der Waals surface area contributed by atoms with Gasteiger partial charge in [0, 0.05) is 6.04 Å². The van der Waals surface area contributed by atoms with Crippen molar-refractivity contribution in [3.63, 3.8) is 0 Å². The van der Waals surface area contributed by atoms with E-state index in [0.29, 0.717) is 4.90 Å². The number of nitrogens with one attached hydrogen (secondary N) is 1. The van der Waals surface area contributed by atoms with E-state index in [4.69, 9.17) is 0 Å². The lowest BCUT2D eigenvalue weighted by molar-refractivity contribution is 0.483. The lowest BCUT2D eigenvalue weighted by atomic mass is 10.2. The summed E-state index contributed by atoms with van der Waals surface area (Å²) in [6.07, 6.45) is 0.806. The summed E-state index contributed by atoms with van der Waals surface area (Å²) in [6, 6.07) is 7.12. The molecule has 0 heterocycles. The quantitative estimate of drug-likeness (QED) is 0.863. The van der Waals surface area contributed by atoms with Crippen LogP contribution in [0.2, 0.25) is 0 Å². The molecule has 0 radical (unpaired) electrons. The first-order valence-electron chi connectivity index (χ1n) is 6.47. The monoisotopic (exact) mass is 269 g/mol. The fraction of sp³-hybridized carbons (Fsp3) is 0.571. The van der Waals surface area contributed by atoms with Gasteiger partial charge in [0.2, 0.25) is 0 Å². The maximum Gasteiger partial charge on any atom is 0.182 e. The Labute approximate surface area is 111 Å². The fourth-order valence-electron chi connectivity index (χ4n) is 2.13. The van der Waals surface area contributed by atoms with Crippen molar-refractivity contribution in [3.05, 3.63) is 29.8 Å². The number of sulfone groups is 1. The van der Waals surface area contributed by atoms with Crippen molar-refractivity contribution in [2.45, 2.75) is 50.3 Å². The first kappa shape index (κ1) is 15.2. The molecule has 0 fully saturated rings. The van der Waals surface area contributed by atoms with E-state index in [-0.39, 0.29) is 6.04 Å². The highest BCUT2D eigenvalue weighted by Gasteiger charge is 2.29. The van der Waals surface area contributed by atoms with Crippen LogP contribution in [0.25, 0.3) is 0 Å². The highest BCUT2D eigenvalue weighted by molar-refractivity contribution is 7.92. The van der Waals surface area contributed by atoms with Crippen LogP contribution in [0.1, 0.15) is 32.8 Å². The zero-order chi connectivity index (χ0) is 13.8. The molecule has 1 aromatic rings. The second kappa shape index (κ2) is 6.34. The van der Waals surface area contributed by atoms with E-state index in [1.54, 1.807) is 25.1 Å². The van der Waals surface area contributed by atoms with E-state index in [9.17, 15) is 8.42 Å². The molecule has 0 bridgehead atoms. The van der Waals surface area contributed by atoms with Crippen molar-refractivity contribution in [1.29, 1.82) is 0 Å². The van der Waals surface area contributed by atoms with E-state index in [1.165, 1.54) is 0 Å². The molecule has 102 valence electrons. The van der Waals surface area contributed by atoms with Gasteiger partial charge in [0.05, 0.1) is 10.1 Å². The number of rotatable bonds is 6. The summed E-state index contributed by atoms with van der Waals surface area (Å²) in [5, 5.41) is 2.83. The molecule has 0 aliphatic carbocycles. The standard InChI is InChI=1S/C14H23NO2S/c1-5-14(15-6-2)12(4)18(16,17)13-9-7-8-11(3)10-13/h7-10,12,14-15H,5-6H2,1-4H3. The molecule has 1 aromatic carbocycles. The summed E-state index contributed by atoms with van der Waals surface area (Å²) >= 11 is 0. The van der Waals surface area contributed by atoms with Gasteiger partial charge in [0.15, 0.2) is 9.84 Å². The molecule has 2 atom stereocenters. The summed E-state index contributed by atoms with van der Waals surface area (Å²) in [5.74, 6) is 0. The SMILES string of the molecule is CCNC(CC)C(C)S(=O)(=O)c1cccc(C)c1. The normalized spacial score (nSPS) is 15.3. The van der Waals surface area contributed by atoms with E-state index in [2.05, 4.69) is 5.32 Å². The predicted molar refractivity (Wildman–Crippen MR) is 75.6 cm³/mol. The van der Waals surface area contributed by atoms with Gasteiger partial charge in [-0.2, -0.15) is 0 Å².